The van der Waals surface area contributed by atoms with Crippen molar-refractivity contribution in [2.75, 3.05) is 6.54 Å². The molecule has 0 rings (SSSR count). The molecule has 0 fully saturated rings. The van der Waals surface area contributed by atoms with Crippen molar-refractivity contribution in [3.8, 4) is 6.07 Å². The fourth-order valence-corrected chi connectivity index (χ4v) is 3.80. The van der Waals surface area contributed by atoms with Crippen LogP contribution in [0.1, 0.15) is 26.7 Å². The van der Waals surface area contributed by atoms with Crippen LogP contribution in [-0.4, -0.2) is 25.4 Å². The van der Waals surface area contributed by atoms with E-state index in [1.54, 1.807) is 0 Å². The summed E-state index contributed by atoms with van der Waals surface area (Å²) in [6.45, 7) is 12.2. The van der Waals surface area contributed by atoms with Gasteiger partial charge < -0.3 is 4.57 Å². The van der Waals surface area contributed by atoms with Gasteiger partial charge in [0.1, 0.15) is 8.24 Å². The van der Waals surface area contributed by atoms with Gasteiger partial charge in [-0.2, -0.15) is 5.26 Å². The minimum Gasteiger partial charge on any atom is -0.310 e. The van der Waals surface area contributed by atoms with E-state index in [0.717, 1.165) is 19.4 Å². The van der Waals surface area contributed by atoms with Crippen LogP contribution in [-0.2, 0) is 0 Å². The van der Waals surface area contributed by atoms with E-state index >= 15 is 0 Å². The van der Waals surface area contributed by atoms with Gasteiger partial charge in [-0.15, -0.1) is 0 Å². The summed E-state index contributed by atoms with van der Waals surface area (Å²) in [5, 5.41) is 9.05. The minimum absolute atomic E-state index is 0.140. The molecule has 0 aliphatic rings. The van der Waals surface area contributed by atoms with Crippen LogP contribution in [0.4, 0.5) is 0 Å². The van der Waals surface area contributed by atoms with E-state index in [0.29, 0.717) is 0 Å². The number of nitriles is 1. The van der Waals surface area contributed by atoms with Crippen LogP contribution in [0.2, 0.25) is 19.6 Å². The minimum atomic E-state index is -1.30. The highest BCUT2D eigenvalue weighted by atomic mass is 28.3. The second-order valence-electron chi connectivity index (χ2n) is 4.39. The van der Waals surface area contributed by atoms with Gasteiger partial charge in [-0.3, -0.25) is 0 Å². The average Bonchev–Trinajstić information content (AvgIpc) is 2.01. The normalized spacial score (nSPS) is 14.2. The quantitative estimate of drug-likeness (QED) is 0.635. The van der Waals surface area contributed by atoms with Gasteiger partial charge in [-0.25, -0.2) is 0 Å². The Morgan fingerprint density at radius 2 is 1.85 bits per heavy atom. The van der Waals surface area contributed by atoms with Crippen molar-refractivity contribution >= 4 is 8.24 Å². The van der Waals surface area contributed by atoms with Crippen LogP contribution in [0, 0.1) is 11.3 Å². The molecule has 0 bridgehead atoms. The van der Waals surface area contributed by atoms with Gasteiger partial charge >= 0.3 is 0 Å². The first kappa shape index (κ1) is 12.7. The molecule has 0 saturated carbocycles. The molecule has 0 aliphatic heterocycles. The summed E-state index contributed by atoms with van der Waals surface area (Å²) in [4.78, 5) is 0. The first-order chi connectivity index (χ1) is 5.97. The number of hydrogen-bond acceptors (Lipinski definition) is 2. The molecule has 1 unspecified atom stereocenters. The molecule has 0 aromatic carbocycles. The van der Waals surface area contributed by atoms with Crippen molar-refractivity contribution in [1.82, 2.24) is 4.57 Å². The highest BCUT2D eigenvalue weighted by molar-refractivity contribution is 6.73. The van der Waals surface area contributed by atoms with Gasteiger partial charge in [-0.05, 0) is 13.0 Å². The average molecular weight is 198 g/mol. The molecular formula is C10H22N2Si. The Balaban J connectivity index is 4.46. The second-order valence-corrected chi connectivity index (χ2v) is 9.31. The van der Waals surface area contributed by atoms with Crippen LogP contribution in [0.15, 0.2) is 0 Å². The van der Waals surface area contributed by atoms with Crippen LogP contribution in [0.25, 0.3) is 0 Å². The van der Waals surface area contributed by atoms with E-state index in [-0.39, 0.29) is 6.04 Å². The topological polar surface area (TPSA) is 27.0 Å². The fraction of sp³-hybridized carbons (Fsp3) is 0.900. The Hall–Kier alpha value is -0.333. The lowest BCUT2D eigenvalue weighted by atomic mass is 10.2. The highest BCUT2D eigenvalue weighted by Crippen LogP contribution is 2.16. The maximum atomic E-state index is 9.05. The molecule has 0 saturated heterocycles. The monoisotopic (exact) mass is 198 g/mol. The smallest absolute Gasteiger partial charge is 0.120 e. The molecule has 0 amide bonds. The molecule has 0 aliphatic carbocycles. The number of hydrogen-bond donors (Lipinski definition) is 0. The predicted molar refractivity (Wildman–Crippen MR) is 60.0 cm³/mol. The largest absolute Gasteiger partial charge is 0.310 e. The van der Waals surface area contributed by atoms with Crippen LogP contribution < -0.4 is 0 Å². The molecule has 0 aromatic heterocycles. The third kappa shape index (κ3) is 3.92. The van der Waals surface area contributed by atoms with E-state index in [1.165, 1.54) is 0 Å². The lowest BCUT2D eigenvalue weighted by Gasteiger charge is -2.36. The summed E-state index contributed by atoms with van der Waals surface area (Å²) in [5.74, 6) is 0. The summed E-state index contributed by atoms with van der Waals surface area (Å²) in [6.07, 6.45) is 2.10. The summed E-state index contributed by atoms with van der Waals surface area (Å²) >= 11 is 0. The van der Waals surface area contributed by atoms with Crippen LogP contribution >= 0.6 is 0 Å². The maximum absolute atomic E-state index is 9.05. The molecule has 0 heterocycles. The zero-order valence-electron chi connectivity index (χ0n) is 9.59. The molecule has 0 aromatic rings. The zero-order valence-corrected chi connectivity index (χ0v) is 10.6. The third-order valence-electron chi connectivity index (χ3n) is 2.29. The standard InChI is InChI=1S/C10H22N2Si/c1-6-8-10(9-11)12(7-2)13(3,4)5/h10H,6-8H2,1-5H3. The summed E-state index contributed by atoms with van der Waals surface area (Å²) in [5.41, 5.74) is 0. The van der Waals surface area contributed by atoms with Crippen LogP contribution in [0.3, 0.4) is 0 Å². The zero-order chi connectivity index (χ0) is 10.5. The van der Waals surface area contributed by atoms with Crippen LogP contribution in [0.5, 0.6) is 0 Å². The maximum Gasteiger partial charge on any atom is 0.120 e. The van der Waals surface area contributed by atoms with E-state index in [1.807, 2.05) is 0 Å². The van der Waals surface area contributed by atoms with Gasteiger partial charge in [0.25, 0.3) is 0 Å². The first-order valence-corrected chi connectivity index (χ1v) is 8.58. The highest BCUT2D eigenvalue weighted by Gasteiger charge is 2.28. The fourth-order valence-electron chi connectivity index (χ4n) is 1.73. The van der Waals surface area contributed by atoms with Crippen molar-refractivity contribution < 1.29 is 0 Å². The van der Waals surface area contributed by atoms with E-state index in [4.69, 9.17) is 5.26 Å². The Labute approximate surface area is 83.6 Å². The Kier molecular flexibility index (Phi) is 5.27. The van der Waals surface area contributed by atoms with Gasteiger partial charge in [0.15, 0.2) is 0 Å². The summed E-state index contributed by atoms with van der Waals surface area (Å²) in [6, 6.07) is 2.56. The lowest BCUT2D eigenvalue weighted by molar-refractivity contribution is 0.367. The second kappa shape index (κ2) is 5.41. The number of rotatable bonds is 5. The predicted octanol–water partition coefficient (Wildman–Crippen LogP) is 2.84. The molecule has 0 N–H and O–H groups in total. The van der Waals surface area contributed by atoms with E-state index in [9.17, 15) is 0 Å². The molecule has 76 valence electrons. The van der Waals surface area contributed by atoms with Gasteiger partial charge in [-0.1, -0.05) is 39.9 Å². The molecule has 1 atom stereocenters. The van der Waals surface area contributed by atoms with Crippen molar-refractivity contribution in [2.24, 2.45) is 0 Å². The molecule has 13 heavy (non-hydrogen) atoms. The van der Waals surface area contributed by atoms with E-state index < -0.39 is 8.24 Å². The van der Waals surface area contributed by atoms with Crippen molar-refractivity contribution in [1.29, 1.82) is 5.26 Å². The molecule has 2 nitrogen and oxygen atoms in total. The SMILES string of the molecule is CCCC(C#N)N(CC)[Si](C)(C)C. The van der Waals surface area contributed by atoms with Crippen molar-refractivity contribution in [3.63, 3.8) is 0 Å². The van der Waals surface area contributed by atoms with Gasteiger partial charge in [0, 0.05) is 0 Å². The molecular weight excluding hydrogens is 176 g/mol. The Bertz CT molecular complexity index is 178. The first-order valence-electron chi connectivity index (χ1n) is 5.13. The van der Waals surface area contributed by atoms with Gasteiger partial charge in [0.2, 0.25) is 0 Å². The van der Waals surface area contributed by atoms with Crippen molar-refractivity contribution in [2.45, 2.75) is 52.4 Å². The summed E-state index contributed by atoms with van der Waals surface area (Å²) in [7, 11) is -1.30. The number of nitrogens with zero attached hydrogens (tertiary/aromatic N) is 2. The Morgan fingerprint density at radius 3 is 2.08 bits per heavy atom. The molecule has 3 heteroatoms. The van der Waals surface area contributed by atoms with E-state index in [2.05, 4.69) is 44.1 Å². The third-order valence-corrected chi connectivity index (χ3v) is 4.64. The molecule has 0 radical (unpaired) electrons. The summed E-state index contributed by atoms with van der Waals surface area (Å²) < 4.78 is 2.40. The molecule has 0 spiro atoms. The Morgan fingerprint density at radius 1 is 1.31 bits per heavy atom. The van der Waals surface area contributed by atoms with Crippen molar-refractivity contribution in [3.05, 3.63) is 0 Å². The van der Waals surface area contributed by atoms with Gasteiger partial charge in [0.05, 0.1) is 12.1 Å². The lowest BCUT2D eigenvalue weighted by Crippen LogP contribution is -2.51.